The van der Waals surface area contributed by atoms with Crippen molar-refractivity contribution < 1.29 is 28.7 Å². The Kier molecular flexibility index (Phi) is 8.38. The van der Waals surface area contributed by atoms with Gasteiger partial charge in [0, 0.05) is 50.8 Å². The van der Waals surface area contributed by atoms with E-state index in [2.05, 4.69) is 0 Å². The Morgan fingerprint density at radius 1 is 1.03 bits per heavy atom. The van der Waals surface area contributed by atoms with E-state index in [1.54, 1.807) is 10.8 Å². The Balaban J connectivity index is 0.000000934. The number of anilines is 1. The largest absolute Gasteiger partial charge is 0.495 e. The first-order valence-electron chi connectivity index (χ1n) is 12.3. The fraction of sp³-hybridized carbons (Fsp3) is 0.393. The van der Waals surface area contributed by atoms with Gasteiger partial charge in [-0.1, -0.05) is 12.1 Å². The lowest BCUT2D eigenvalue weighted by molar-refractivity contribution is -0.142. The Hall–Kier alpha value is -3.63. The van der Waals surface area contributed by atoms with Gasteiger partial charge in [0.15, 0.2) is 0 Å². The van der Waals surface area contributed by atoms with Crippen molar-refractivity contribution in [1.29, 1.82) is 0 Å². The quantitative estimate of drug-likeness (QED) is 0.401. The number of aliphatic carboxylic acids is 1. The molecule has 10 heteroatoms. The lowest BCUT2D eigenvalue weighted by Gasteiger charge is -2.32. The van der Waals surface area contributed by atoms with E-state index in [9.17, 15) is 9.59 Å². The number of ether oxygens (including phenoxy) is 1. The molecule has 1 N–H and O–H groups in total. The molecule has 1 aromatic heterocycles. The van der Waals surface area contributed by atoms with Crippen LogP contribution in [0.4, 0.5) is 5.69 Å². The van der Waals surface area contributed by atoms with E-state index in [0.29, 0.717) is 16.6 Å². The van der Waals surface area contributed by atoms with Crippen molar-refractivity contribution >= 4 is 41.0 Å². The van der Waals surface area contributed by atoms with Crippen LogP contribution >= 0.6 is 0 Å². The molecule has 2 heterocycles. The SMILES string of the molecule is CC(=O)O.CC(=O)OCc1c(B2OC(C)(C)C(C)(C)O2)cccc1-n1ccc2cc(N(C)C)ccc2c1=O. The summed E-state index contributed by atoms with van der Waals surface area (Å²) in [5.74, 6) is -1.24. The molecular formula is C28H35BN2O7. The number of carboxylic acid groups (broad SMARTS) is 1. The highest BCUT2D eigenvalue weighted by atomic mass is 16.7. The monoisotopic (exact) mass is 522 g/mol. The predicted octanol–water partition coefficient (Wildman–Crippen LogP) is 3.51. The fourth-order valence-corrected chi connectivity index (χ4v) is 4.04. The number of benzene rings is 2. The van der Waals surface area contributed by atoms with Crippen molar-refractivity contribution in [3.8, 4) is 5.69 Å². The molecule has 0 amide bonds. The number of carboxylic acids is 1. The van der Waals surface area contributed by atoms with Crippen LogP contribution in [0.2, 0.25) is 0 Å². The summed E-state index contributed by atoms with van der Waals surface area (Å²) in [6.07, 6.45) is 1.75. The van der Waals surface area contributed by atoms with Crippen LogP contribution in [-0.4, -0.2) is 54.0 Å². The normalized spacial score (nSPS) is 15.5. The van der Waals surface area contributed by atoms with E-state index in [0.717, 1.165) is 23.5 Å². The number of carbonyl (C=O) groups excluding carboxylic acids is 1. The topological polar surface area (TPSA) is 107 Å². The first-order valence-corrected chi connectivity index (χ1v) is 12.3. The number of nitrogens with zero attached hydrogens (tertiary/aromatic N) is 2. The molecule has 0 unspecified atom stereocenters. The minimum Gasteiger partial charge on any atom is -0.481 e. The molecular weight excluding hydrogens is 487 g/mol. The fourth-order valence-electron chi connectivity index (χ4n) is 4.04. The molecule has 9 nitrogen and oxygen atoms in total. The molecule has 38 heavy (non-hydrogen) atoms. The predicted molar refractivity (Wildman–Crippen MR) is 148 cm³/mol. The standard InChI is InChI=1S/C26H31BN2O5.C2H4O2/c1-17(30)32-16-21-22(27-33-25(2,3)26(4,5)34-27)9-8-10-23(21)29-14-13-18-15-19(28(6)7)11-12-20(18)24(29)31;1-2(3)4/h8-15H,16H2,1-7H3;1H3,(H,3,4). The maximum atomic E-state index is 13.5. The van der Waals surface area contributed by atoms with Gasteiger partial charge in [0.25, 0.3) is 11.5 Å². The Morgan fingerprint density at radius 2 is 1.63 bits per heavy atom. The Labute approximate surface area is 223 Å². The van der Waals surface area contributed by atoms with Crippen LogP contribution < -0.4 is 15.9 Å². The summed E-state index contributed by atoms with van der Waals surface area (Å²) < 4.78 is 19.5. The smallest absolute Gasteiger partial charge is 0.481 e. The van der Waals surface area contributed by atoms with Crippen molar-refractivity contribution in [3.05, 3.63) is 64.6 Å². The van der Waals surface area contributed by atoms with Crippen molar-refractivity contribution in [2.24, 2.45) is 0 Å². The summed E-state index contributed by atoms with van der Waals surface area (Å²) in [4.78, 5) is 36.2. The maximum Gasteiger partial charge on any atom is 0.495 e. The van der Waals surface area contributed by atoms with Gasteiger partial charge in [-0.3, -0.25) is 19.0 Å². The highest BCUT2D eigenvalue weighted by molar-refractivity contribution is 6.62. The van der Waals surface area contributed by atoms with Crippen LogP contribution in [0, 0.1) is 0 Å². The van der Waals surface area contributed by atoms with Crippen LogP contribution in [0.1, 0.15) is 47.1 Å². The molecule has 1 aliphatic rings. The van der Waals surface area contributed by atoms with Crippen molar-refractivity contribution in [2.45, 2.75) is 59.4 Å². The minimum absolute atomic E-state index is 0.00500. The number of carbonyl (C=O) groups is 2. The average Bonchev–Trinajstić information content (AvgIpc) is 3.03. The highest BCUT2D eigenvalue weighted by Crippen LogP contribution is 2.37. The molecule has 3 aromatic rings. The zero-order valence-electron chi connectivity index (χ0n) is 23.2. The van der Waals surface area contributed by atoms with Gasteiger partial charge < -0.3 is 24.1 Å². The summed E-state index contributed by atoms with van der Waals surface area (Å²) >= 11 is 0. The first-order chi connectivity index (χ1) is 17.6. The van der Waals surface area contributed by atoms with Gasteiger partial charge in [0.2, 0.25) is 0 Å². The van der Waals surface area contributed by atoms with E-state index < -0.39 is 30.3 Å². The molecule has 2 aromatic carbocycles. The summed E-state index contributed by atoms with van der Waals surface area (Å²) in [6.45, 7) is 10.4. The van der Waals surface area contributed by atoms with Gasteiger partial charge in [-0.15, -0.1) is 0 Å². The zero-order chi connectivity index (χ0) is 28.4. The lowest BCUT2D eigenvalue weighted by atomic mass is 9.75. The maximum absolute atomic E-state index is 13.5. The lowest BCUT2D eigenvalue weighted by Crippen LogP contribution is -2.41. The average molecular weight is 522 g/mol. The zero-order valence-corrected chi connectivity index (χ0v) is 23.2. The molecule has 0 aliphatic carbocycles. The van der Waals surface area contributed by atoms with Gasteiger partial charge in [-0.25, -0.2) is 0 Å². The van der Waals surface area contributed by atoms with Crippen LogP contribution in [0.5, 0.6) is 0 Å². The number of hydrogen-bond acceptors (Lipinski definition) is 7. The number of pyridine rings is 1. The number of rotatable bonds is 5. The number of esters is 1. The minimum atomic E-state index is -0.833. The molecule has 0 radical (unpaired) electrons. The van der Waals surface area contributed by atoms with E-state index in [4.69, 9.17) is 23.9 Å². The van der Waals surface area contributed by atoms with Gasteiger partial charge >= 0.3 is 13.1 Å². The van der Waals surface area contributed by atoms with Crippen LogP contribution in [-0.2, 0) is 30.2 Å². The van der Waals surface area contributed by atoms with E-state index in [1.807, 2.05) is 89.2 Å². The number of hydrogen-bond donors (Lipinski definition) is 1. The van der Waals surface area contributed by atoms with Crippen molar-refractivity contribution in [2.75, 3.05) is 19.0 Å². The summed E-state index contributed by atoms with van der Waals surface area (Å²) in [6, 6.07) is 13.3. The van der Waals surface area contributed by atoms with E-state index >= 15 is 0 Å². The molecule has 202 valence electrons. The third kappa shape index (κ3) is 6.08. The van der Waals surface area contributed by atoms with Crippen molar-refractivity contribution in [1.82, 2.24) is 4.57 Å². The molecule has 0 saturated carbocycles. The van der Waals surface area contributed by atoms with Crippen molar-refractivity contribution in [3.63, 3.8) is 0 Å². The summed E-state index contributed by atoms with van der Waals surface area (Å²) in [5, 5.41) is 8.88. The summed E-state index contributed by atoms with van der Waals surface area (Å²) in [5.41, 5.74) is 1.82. The van der Waals surface area contributed by atoms with Crippen LogP contribution in [0.3, 0.4) is 0 Å². The molecule has 1 saturated heterocycles. The van der Waals surface area contributed by atoms with E-state index in [-0.39, 0.29) is 12.2 Å². The van der Waals surface area contributed by atoms with Gasteiger partial charge in [0.1, 0.15) is 6.61 Å². The van der Waals surface area contributed by atoms with Gasteiger partial charge in [-0.2, -0.15) is 0 Å². The number of fused-ring (bicyclic) bond motifs is 1. The van der Waals surface area contributed by atoms with Crippen LogP contribution in [0.25, 0.3) is 16.5 Å². The first kappa shape index (κ1) is 28.9. The molecule has 4 rings (SSSR count). The third-order valence-electron chi connectivity index (χ3n) is 6.78. The Morgan fingerprint density at radius 3 is 2.18 bits per heavy atom. The van der Waals surface area contributed by atoms with E-state index in [1.165, 1.54) is 6.92 Å². The Bertz CT molecular complexity index is 1390. The molecule has 0 spiro atoms. The second kappa shape index (κ2) is 11.0. The second-order valence-electron chi connectivity index (χ2n) is 10.4. The molecule has 1 fully saturated rings. The third-order valence-corrected chi connectivity index (χ3v) is 6.78. The highest BCUT2D eigenvalue weighted by Gasteiger charge is 2.52. The second-order valence-corrected chi connectivity index (χ2v) is 10.4. The summed E-state index contributed by atoms with van der Waals surface area (Å²) in [7, 11) is 3.27. The van der Waals surface area contributed by atoms with Crippen LogP contribution in [0.15, 0.2) is 53.5 Å². The van der Waals surface area contributed by atoms with Gasteiger partial charge in [-0.05, 0) is 68.9 Å². The van der Waals surface area contributed by atoms with Gasteiger partial charge in [0.05, 0.1) is 16.9 Å². The number of aromatic nitrogens is 1. The molecule has 0 atom stereocenters. The molecule has 0 bridgehead atoms. The molecule has 1 aliphatic heterocycles.